The van der Waals surface area contributed by atoms with Crippen molar-refractivity contribution in [2.24, 2.45) is 0 Å². The molecule has 0 aliphatic rings. The van der Waals surface area contributed by atoms with Crippen LogP contribution in [0.2, 0.25) is 0 Å². The van der Waals surface area contributed by atoms with Crippen molar-refractivity contribution in [3.05, 3.63) is 24.1 Å². The number of nitrogen functional groups attached to an aromatic ring is 1. The van der Waals surface area contributed by atoms with Crippen molar-refractivity contribution in [2.75, 3.05) is 5.73 Å². The van der Waals surface area contributed by atoms with Gasteiger partial charge in [0.25, 0.3) is 11.8 Å². The second-order valence-electron chi connectivity index (χ2n) is 2.32. The smallest absolute Gasteiger partial charge is 0.278 e. The first kappa shape index (κ1) is 7.66. The van der Waals surface area contributed by atoms with Crippen LogP contribution in [-0.2, 0) is 0 Å². The van der Waals surface area contributed by atoms with Crippen LogP contribution in [0, 0.1) is 5.82 Å². The summed E-state index contributed by atoms with van der Waals surface area (Å²) in [6, 6.07) is 2.69. The maximum Gasteiger partial charge on any atom is 0.278 e. The van der Waals surface area contributed by atoms with Crippen LogP contribution in [0.3, 0.4) is 0 Å². The summed E-state index contributed by atoms with van der Waals surface area (Å²) < 4.78 is 17.2. The summed E-state index contributed by atoms with van der Waals surface area (Å²) in [5, 5.41) is 3.37. The predicted octanol–water partition coefficient (Wildman–Crippen LogP) is 0.853. The minimum absolute atomic E-state index is 0.0288. The van der Waals surface area contributed by atoms with Crippen molar-refractivity contribution in [1.82, 2.24) is 15.1 Å². The van der Waals surface area contributed by atoms with E-state index in [1.807, 2.05) is 0 Å². The summed E-state index contributed by atoms with van der Waals surface area (Å²) in [5.41, 5.74) is 5.62. The van der Waals surface area contributed by atoms with E-state index in [9.17, 15) is 4.39 Å². The standard InChI is InChI=1S/C7H5FN4O/c8-4-1-2-5(10-3-4)6-11-7(9)12-13-6/h1-3H,(H2,9,12). The van der Waals surface area contributed by atoms with Crippen molar-refractivity contribution < 1.29 is 8.91 Å². The molecule has 66 valence electrons. The van der Waals surface area contributed by atoms with E-state index in [0.717, 1.165) is 6.20 Å². The Hall–Kier alpha value is -1.98. The molecule has 2 rings (SSSR count). The molecule has 0 aliphatic carbocycles. The minimum Gasteiger partial charge on any atom is -0.365 e. The first-order valence-corrected chi connectivity index (χ1v) is 3.47. The van der Waals surface area contributed by atoms with E-state index in [1.165, 1.54) is 12.1 Å². The van der Waals surface area contributed by atoms with Gasteiger partial charge >= 0.3 is 0 Å². The third-order valence-corrected chi connectivity index (χ3v) is 1.39. The molecular weight excluding hydrogens is 175 g/mol. The van der Waals surface area contributed by atoms with Crippen molar-refractivity contribution in [3.63, 3.8) is 0 Å². The highest BCUT2D eigenvalue weighted by molar-refractivity contribution is 5.47. The van der Waals surface area contributed by atoms with Crippen LogP contribution in [0.5, 0.6) is 0 Å². The lowest BCUT2D eigenvalue weighted by Crippen LogP contribution is -1.87. The van der Waals surface area contributed by atoms with Crippen LogP contribution in [-0.4, -0.2) is 15.1 Å². The van der Waals surface area contributed by atoms with Crippen LogP contribution >= 0.6 is 0 Å². The van der Waals surface area contributed by atoms with Gasteiger partial charge in [0, 0.05) is 0 Å². The summed E-state index contributed by atoms with van der Waals surface area (Å²) in [4.78, 5) is 7.46. The SMILES string of the molecule is Nc1noc(-c2ccc(F)cn2)n1. The summed E-state index contributed by atoms with van der Waals surface area (Å²) in [6.07, 6.45) is 1.07. The number of nitrogens with two attached hydrogens (primary N) is 1. The molecule has 0 spiro atoms. The second-order valence-corrected chi connectivity index (χ2v) is 2.32. The fraction of sp³-hybridized carbons (Fsp3) is 0. The molecule has 0 bridgehead atoms. The Morgan fingerprint density at radius 1 is 1.38 bits per heavy atom. The maximum atomic E-state index is 12.5. The molecule has 0 aromatic carbocycles. The lowest BCUT2D eigenvalue weighted by Gasteiger charge is -1.90. The van der Waals surface area contributed by atoms with Gasteiger partial charge in [-0.3, -0.25) is 0 Å². The Morgan fingerprint density at radius 2 is 2.23 bits per heavy atom. The van der Waals surface area contributed by atoms with Crippen molar-refractivity contribution in [2.45, 2.75) is 0 Å². The van der Waals surface area contributed by atoms with E-state index >= 15 is 0 Å². The largest absolute Gasteiger partial charge is 0.365 e. The molecule has 2 aromatic heterocycles. The van der Waals surface area contributed by atoms with Gasteiger partial charge in [-0.1, -0.05) is 0 Å². The third kappa shape index (κ3) is 1.46. The fourth-order valence-electron chi connectivity index (χ4n) is 0.841. The van der Waals surface area contributed by atoms with Crippen LogP contribution in [0.15, 0.2) is 22.9 Å². The second kappa shape index (κ2) is 2.81. The van der Waals surface area contributed by atoms with Gasteiger partial charge in [-0.2, -0.15) is 4.98 Å². The van der Waals surface area contributed by atoms with E-state index in [-0.39, 0.29) is 11.8 Å². The zero-order valence-electron chi connectivity index (χ0n) is 6.44. The maximum absolute atomic E-state index is 12.5. The number of aromatic nitrogens is 3. The highest BCUT2D eigenvalue weighted by atomic mass is 19.1. The topological polar surface area (TPSA) is 77.8 Å². The number of pyridine rings is 1. The molecule has 2 heterocycles. The number of hydrogen-bond donors (Lipinski definition) is 1. The quantitative estimate of drug-likeness (QED) is 0.703. The van der Waals surface area contributed by atoms with Gasteiger partial charge < -0.3 is 10.3 Å². The van der Waals surface area contributed by atoms with Gasteiger partial charge in [0.1, 0.15) is 11.5 Å². The molecule has 0 atom stereocenters. The number of anilines is 1. The lowest BCUT2D eigenvalue weighted by atomic mass is 10.3. The van der Waals surface area contributed by atoms with E-state index in [1.54, 1.807) is 0 Å². The summed E-state index contributed by atoms with van der Waals surface area (Å²) in [6.45, 7) is 0. The van der Waals surface area contributed by atoms with Crippen LogP contribution in [0.25, 0.3) is 11.6 Å². The number of halogens is 1. The molecule has 0 radical (unpaired) electrons. The van der Waals surface area contributed by atoms with Crippen LogP contribution in [0.4, 0.5) is 10.3 Å². The molecule has 2 N–H and O–H groups in total. The third-order valence-electron chi connectivity index (χ3n) is 1.39. The van der Waals surface area contributed by atoms with Crippen molar-refractivity contribution in [1.29, 1.82) is 0 Å². The van der Waals surface area contributed by atoms with E-state index < -0.39 is 5.82 Å². The Bertz CT molecular complexity index is 411. The molecule has 2 aromatic rings. The van der Waals surface area contributed by atoms with Crippen LogP contribution in [0.1, 0.15) is 0 Å². The fourth-order valence-corrected chi connectivity index (χ4v) is 0.841. The van der Waals surface area contributed by atoms with Gasteiger partial charge in [-0.05, 0) is 17.3 Å². The summed E-state index contributed by atoms with van der Waals surface area (Å²) >= 11 is 0. The van der Waals surface area contributed by atoms with E-state index in [4.69, 9.17) is 10.3 Å². The lowest BCUT2D eigenvalue weighted by molar-refractivity contribution is 0.431. The Kier molecular flexibility index (Phi) is 1.66. The molecule has 5 nitrogen and oxygen atoms in total. The first-order chi connectivity index (χ1) is 6.25. The van der Waals surface area contributed by atoms with Crippen molar-refractivity contribution >= 4 is 5.95 Å². The molecule has 0 amide bonds. The Balaban J connectivity index is 2.41. The van der Waals surface area contributed by atoms with Gasteiger partial charge in [-0.25, -0.2) is 9.37 Å². The molecule has 0 saturated heterocycles. The molecule has 0 saturated carbocycles. The predicted molar refractivity (Wildman–Crippen MR) is 41.9 cm³/mol. The molecule has 6 heteroatoms. The van der Waals surface area contributed by atoms with Gasteiger partial charge in [0.2, 0.25) is 0 Å². The minimum atomic E-state index is -0.420. The first-order valence-electron chi connectivity index (χ1n) is 3.47. The van der Waals surface area contributed by atoms with Gasteiger partial charge in [0.05, 0.1) is 6.20 Å². The molecule has 13 heavy (non-hydrogen) atoms. The summed E-state index contributed by atoms with van der Waals surface area (Å²) in [5.74, 6) is -0.213. The van der Waals surface area contributed by atoms with E-state index in [0.29, 0.717) is 5.69 Å². The normalized spacial score (nSPS) is 10.2. The average molecular weight is 180 g/mol. The molecule has 0 fully saturated rings. The molecular formula is C7H5FN4O. The Labute approximate surface area is 72.4 Å². The zero-order chi connectivity index (χ0) is 9.26. The number of rotatable bonds is 1. The molecule has 0 unspecified atom stereocenters. The van der Waals surface area contributed by atoms with Gasteiger partial charge in [0.15, 0.2) is 0 Å². The summed E-state index contributed by atoms with van der Waals surface area (Å²) in [7, 11) is 0. The average Bonchev–Trinajstić information content (AvgIpc) is 2.53. The molecule has 0 aliphatic heterocycles. The van der Waals surface area contributed by atoms with E-state index in [2.05, 4.69) is 15.1 Å². The van der Waals surface area contributed by atoms with Gasteiger partial charge in [-0.15, -0.1) is 0 Å². The monoisotopic (exact) mass is 180 g/mol. The highest BCUT2D eigenvalue weighted by Crippen LogP contribution is 2.14. The highest BCUT2D eigenvalue weighted by Gasteiger charge is 2.07. The zero-order valence-corrected chi connectivity index (χ0v) is 6.44. The van der Waals surface area contributed by atoms with Crippen LogP contribution < -0.4 is 5.73 Å². The number of nitrogens with zero attached hydrogens (tertiary/aromatic N) is 3. The Morgan fingerprint density at radius 3 is 2.77 bits per heavy atom. The number of hydrogen-bond acceptors (Lipinski definition) is 5. The van der Waals surface area contributed by atoms with Crippen molar-refractivity contribution in [3.8, 4) is 11.6 Å².